The minimum Gasteiger partial charge on any atom is -0.380 e. The lowest BCUT2D eigenvalue weighted by Gasteiger charge is -2.29. The first kappa shape index (κ1) is 14.7. The van der Waals surface area contributed by atoms with Gasteiger partial charge in [-0.05, 0) is 17.7 Å². The SMILES string of the molecule is CC.O=Cc1ccc(C(F)(F)F)c(C2COC2)c1. The number of carbonyl (C=O) groups excluding carboxylic acids is 1. The van der Waals surface area contributed by atoms with E-state index in [1.165, 1.54) is 12.1 Å². The highest BCUT2D eigenvalue weighted by atomic mass is 19.4. The van der Waals surface area contributed by atoms with E-state index in [-0.39, 0.29) is 30.3 Å². The predicted octanol–water partition coefficient (Wildman–Crippen LogP) is 3.66. The van der Waals surface area contributed by atoms with Crippen molar-refractivity contribution in [3.05, 3.63) is 34.9 Å². The Hall–Kier alpha value is -1.36. The number of carbonyl (C=O) groups is 1. The average Bonchev–Trinajstić information content (AvgIpc) is 2.28. The van der Waals surface area contributed by atoms with Gasteiger partial charge in [-0.1, -0.05) is 19.9 Å². The van der Waals surface area contributed by atoms with Crippen molar-refractivity contribution < 1.29 is 22.7 Å². The third-order valence-electron chi connectivity index (χ3n) is 2.60. The summed E-state index contributed by atoms with van der Waals surface area (Å²) in [5, 5.41) is 0. The molecule has 100 valence electrons. The van der Waals surface area contributed by atoms with Crippen molar-refractivity contribution in [1.29, 1.82) is 0 Å². The molecule has 1 saturated heterocycles. The number of aldehydes is 1. The molecule has 2 nitrogen and oxygen atoms in total. The summed E-state index contributed by atoms with van der Waals surface area (Å²) in [5.41, 5.74) is -0.260. The maximum Gasteiger partial charge on any atom is 0.416 e. The van der Waals surface area contributed by atoms with Gasteiger partial charge in [0.05, 0.1) is 18.8 Å². The first-order chi connectivity index (χ1) is 8.52. The fourth-order valence-corrected chi connectivity index (χ4v) is 1.67. The molecule has 0 spiro atoms. The van der Waals surface area contributed by atoms with E-state index in [0.717, 1.165) is 6.07 Å². The molecule has 0 aromatic heterocycles. The molecular weight excluding hydrogens is 245 g/mol. The summed E-state index contributed by atoms with van der Waals surface area (Å²) >= 11 is 0. The van der Waals surface area contributed by atoms with Gasteiger partial charge in [0, 0.05) is 11.5 Å². The minimum absolute atomic E-state index is 0.156. The molecule has 1 aliphatic rings. The molecule has 0 N–H and O–H groups in total. The molecular formula is C13H15F3O2. The van der Waals surface area contributed by atoms with Gasteiger partial charge in [-0.3, -0.25) is 4.79 Å². The van der Waals surface area contributed by atoms with Crippen LogP contribution in [-0.4, -0.2) is 19.5 Å². The zero-order valence-electron chi connectivity index (χ0n) is 10.3. The first-order valence-corrected chi connectivity index (χ1v) is 5.76. The Morgan fingerprint density at radius 2 is 1.89 bits per heavy atom. The predicted molar refractivity (Wildman–Crippen MR) is 61.7 cm³/mol. The lowest BCUT2D eigenvalue weighted by atomic mass is 9.91. The summed E-state index contributed by atoms with van der Waals surface area (Å²) in [6.07, 6.45) is -3.84. The van der Waals surface area contributed by atoms with E-state index in [0.29, 0.717) is 6.29 Å². The van der Waals surface area contributed by atoms with Gasteiger partial charge in [-0.2, -0.15) is 13.2 Å². The van der Waals surface area contributed by atoms with Crippen LogP contribution in [-0.2, 0) is 10.9 Å². The fourth-order valence-electron chi connectivity index (χ4n) is 1.67. The van der Waals surface area contributed by atoms with Crippen molar-refractivity contribution in [2.24, 2.45) is 0 Å². The van der Waals surface area contributed by atoms with Crippen molar-refractivity contribution in [1.82, 2.24) is 0 Å². The molecule has 0 radical (unpaired) electrons. The largest absolute Gasteiger partial charge is 0.416 e. The zero-order valence-corrected chi connectivity index (χ0v) is 10.3. The molecule has 1 fully saturated rings. The first-order valence-electron chi connectivity index (χ1n) is 5.76. The molecule has 0 saturated carbocycles. The lowest BCUT2D eigenvalue weighted by molar-refractivity contribution is -0.139. The van der Waals surface area contributed by atoms with E-state index in [1.54, 1.807) is 0 Å². The molecule has 2 rings (SSSR count). The zero-order chi connectivity index (χ0) is 13.8. The molecule has 0 aliphatic carbocycles. The van der Waals surface area contributed by atoms with Crippen LogP contribution in [0.25, 0.3) is 0 Å². The van der Waals surface area contributed by atoms with Gasteiger partial charge in [-0.25, -0.2) is 0 Å². The summed E-state index contributed by atoms with van der Waals surface area (Å²) in [6.45, 7) is 4.57. The van der Waals surface area contributed by atoms with Crippen LogP contribution in [0.4, 0.5) is 13.2 Å². The Kier molecular flexibility index (Phi) is 4.90. The molecule has 0 bridgehead atoms. The van der Waals surface area contributed by atoms with Gasteiger partial charge >= 0.3 is 6.18 Å². The second-order valence-electron chi connectivity index (χ2n) is 3.70. The summed E-state index contributed by atoms with van der Waals surface area (Å²) in [6, 6.07) is 3.43. The van der Waals surface area contributed by atoms with E-state index in [4.69, 9.17) is 4.74 Å². The van der Waals surface area contributed by atoms with Crippen LogP contribution in [0, 0.1) is 0 Å². The Morgan fingerprint density at radius 1 is 1.28 bits per heavy atom. The molecule has 1 aliphatic heterocycles. The Morgan fingerprint density at radius 3 is 2.28 bits per heavy atom. The molecule has 5 heteroatoms. The summed E-state index contributed by atoms with van der Waals surface area (Å²) < 4.78 is 42.9. The second kappa shape index (κ2) is 6.00. The standard InChI is InChI=1S/C11H9F3O2.C2H6/c12-11(13,14)10-2-1-7(4-15)3-9(10)8-5-16-6-8;1-2/h1-4,8H,5-6H2;1-2H3. The second-order valence-corrected chi connectivity index (χ2v) is 3.70. The minimum atomic E-state index is -4.38. The van der Waals surface area contributed by atoms with Gasteiger partial charge in [0.25, 0.3) is 0 Å². The van der Waals surface area contributed by atoms with E-state index in [2.05, 4.69) is 0 Å². The van der Waals surface area contributed by atoms with Gasteiger partial charge in [-0.15, -0.1) is 0 Å². The Balaban J connectivity index is 0.000000771. The molecule has 1 aromatic carbocycles. The Labute approximate surface area is 104 Å². The van der Waals surface area contributed by atoms with Crippen molar-refractivity contribution in [3.63, 3.8) is 0 Å². The molecule has 1 aromatic rings. The highest BCUT2D eigenvalue weighted by Gasteiger charge is 2.36. The van der Waals surface area contributed by atoms with E-state index >= 15 is 0 Å². The topological polar surface area (TPSA) is 26.3 Å². The summed E-state index contributed by atoms with van der Waals surface area (Å²) in [5.74, 6) is -0.253. The number of hydrogen-bond donors (Lipinski definition) is 0. The van der Waals surface area contributed by atoms with Crippen LogP contribution < -0.4 is 0 Å². The highest BCUT2D eigenvalue weighted by Crippen LogP contribution is 2.37. The number of benzene rings is 1. The quantitative estimate of drug-likeness (QED) is 0.758. The number of rotatable bonds is 2. The number of halogens is 3. The number of ether oxygens (including phenoxy) is 1. The maximum absolute atomic E-state index is 12.7. The molecule has 1 heterocycles. The van der Waals surface area contributed by atoms with Crippen LogP contribution in [0.5, 0.6) is 0 Å². The van der Waals surface area contributed by atoms with Crippen LogP contribution in [0.15, 0.2) is 18.2 Å². The molecule has 0 atom stereocenters. The van der Waals surface area contributed by atoms with Gasteiger partial charge < -0.3 is 4.74 Å². The van der Waals surface area contributed by atoms with Crippen LogP contribution >= 0.6 is 0 Å². The average molecular weight is 260 g/mol. The monoisotopic (exact) mass is 260 g/mol. The third kappa shape index (κ3) is 3.10. The van der Waals surface area contributed by atoms with E-state index < -0.39 is 11.7 Å². The number of hydrogen-bond acceptors (Lipinski definition) is 2. The maximum atomic E-state index is 12.7. The van der Waals surface area contributed by atoms with Crippen molar-refractivity contribution in [3.8, 4) is 0 Å². The van der Waals surface area contributed by atoms with Crippen LogP contribution in [0.3, 0.4) is 0 Å². The number of alkyl halides is 3. The molecule has 18 heavy (non-hydrogen) atoms. The third-order valence-corrected chi connectivity index (χ3v) is 2.60. The fraction of sp³-hybridized carbons (Fsp3) is 0.462. The van der Waals surface area contributed by atoms with Gasteiger partial charge in [0.2, 0.25) is 0 Å². The molecule has 0 unspecified atom stereocenters. The van der Waals surface area contributed by atoms with Crippen LogP contribution in [0.2, 0.25) is 0 Å². The summed E-state index contributed by atoms with van der Waals surface area (Å²) in [4.78, 5) is 10.5. The normalized spacial score (nSPS) is 15.4. The van der Waals surface area contributed by atoms with Crippen molar-refractivity contribution >= 4 is 6.29 Å². The van der Waals surface area contributed by atoms with E-state index in [1.807, 2.05) is 13.8 Å². The lowest BCUT2D eigenvalue weighted by Crippen LogP contribution is -2.27. The molecule has 0 amide bonds. The van der Waals surface area contributed by atoms with Crippen molar-refractivity contribution in [2.75, 3.05) is 13.2 Å². The smallest absolute Gasteiger partial charge is 0.380 e. The summed E-state index contributed by atoms with van der Waals surface area (Å²) in [7, 11) is 0. The van der Waals surface area contributed by atoms with E-state index in [9.17, 15) is 18.0 Å². The highest BCUT2D eigenvalue weighted by molar-refractivity contribution is 5.75. The van der Waals surface area contributed by atoms with Crippen molar-refractivity contribution in [2.45, 2.75) is 25.9 Å². The van der Waals surface area contributed by atoms with Gasteiger partial charge in [0.1, 0.15) is 6.29 Å². The Bertz CT molecular complexity index is 409. The van der Waals surface area contributed by atoms with Crippen LogP contribution in [0.1, 0.15) is 41.3 Å². The van der Waals surface area contributed by atoms with Gasteiger partial charge in [0.15, 0.2) is 0 Å².